The van der Waals surface area contributed by atoms with Crippen LogP contribution in [0.25, 0.3) is 0 Å². The highest BCUT2D eigenvalue weighted by molar-refractivity contribution is 7.15. The van der Waals surface area contributed by atoms with Gasteiger partial charge in [-0.25, -0.2) is 9.78 Å². The number of carbonyl (C=O) groups is 2. The van der Waals surface area contributed by atoms with Crippen molar-refractivity contribution in [3.05, 3.63) is 46.5 Å². The van der Waals surface area contributed by atoms with Crippen LogP contribution in [0.1, 0.15) is 29.0 Å². The molecule has 1 unspecified atom stereocenters. The Morgan fingerprint density at radius 1 is 1.19 bits per heavy atom. The number of hydrogen-bond donors (Lipinski definition) is 2. The van der Waals surface area contributed by atoms with Crippen molar-refractivity contribution in [1.82, 2.24) is 15.2 Å². The molecule has 1 aromatic heterocycles. The van der Waals surface area contributed by atoms with Crippen molar-refractivity contribution in [2.45, 2.75) is 39.2 Å². The molecule has 2 heterocycles. The molecular weight excluding hydrogens is 348 g/mol. The summed E-state index contributed by atoms with van der Waals surface area (Å²) in [4.78, 5) is 32.5. The molecule has 0 spiro atoms. The van der Waals surface area contributed by atoms with Gasteiger partial charge in [0.15, 0.2) is 5.13 Å². The van der Waals surface area contributed by atoms with E-state index in [0.29, 0.717) is 11.6 Å². The van der Waals surface area contributed by atoms with Crippen molar-refractivity contribution in [3.63, 3.8) is 0 Å². The Kier molecular flexibility index (Phi) is 5.88. The number of likely N-dealkylation sites (tertiary alicyclic amines) is 1. The van der Waals surface area contributed by atoms with Crippen molar-refractivity contribution in [1.29, 1.82) is 0 Å². The zero-order valence-electron chi connectivity index (χ0n) is 15.1. The van der Waals surface area contributed by atoms with Crippen molar-refractivity contribution in [2.24, 2.45) is 0 Å². The Hall–Kier alpha value is -2.41. The van der Waals surface area contributed by atoms with Crippen LogP contribution >= 0.6 is 11.3 Å². The summed E-state index contributed by atoms with van der Waals surface area (Å²) >= 11 is 1.44. The highest BCUT2D eigenvalue weighted by Gasteiger charge is 2.26. The van der Waals surface area contributed by atoms with Crippen LogP contribution in [0.2, 0.25) is 0 Å². The molecule has 1 aliphatic rings. The van der Waals surface area contributed by atoms with Gasteiger partial charge in [-0.15, -0.1) is 11.3 Å². The van der Waals surface area contributed by atoms with Crippen molar-refractivity contribution >= 4 is 28.4 Å². The molecule has 2 N–H and O–H groups in total. The normalized spacial score (nSPS) is 14.9. The summed E-state index contributed by atoms with van der Waals surface area (Å²) in [6.45, 7) is 5.38. The lowest BCUT2D eigenvalue weighted by Gasteiger charge is -2.22. The van der Waals surface area contributed by atoms with E-state index in [4.69, 9.17) is 0 Å². The maximum Gasteiger partial charge on any atom is 0.318 e. The smallest absolute Gasteiger partial charge is 0.318 e. The van der Waals surface area contributed by atoms with Crippen LogP contribution in [-0.4, -0.2) is 41.0 Å². The number of aryl methyl sites for hydroxylation is 2. The van der Waals surface area contributed by atoms with Crippen LogP contribution in [0, 0.1) is 13.8 Å². The molecule has 1 saturated heterocycles. The molecule has 0 radical (unpaired) electrons. The van der Waals surface area contributed by atoms with E-state index in [1.165, 1.54) is 11.3 Å². The number of nitrogens with zero attached hydrogens (tertiary/aromatic N) is 2. The Labute approximate surface area is 157 Å². The number of anilines is 1. The number of hydrogen-bond acceptors (Lipinski definition) is 4. The van der Waals surface area contributed by atoms with E-state index in [1.54, 1.807) is 4.90 Å². The van der Waals surface area contributed by atoms with Gasteiger partial charge in [-0.3, -0.25) is 4.79 Å². The van der Waals surface area contributed by atoms with E-state index in [2.05, 4.69) is 15.6 Å². The lowest BCUT2D eigenvalue weighted by atomic mass is 10.1. The quantitative estimate of drug-likeness (QED) is 0.847. The minimum absolute atomic E-state index is 0.176. The van der Waals surface area contributed by atoms with Crippen LogP contribution in [0.15, 0.2) is 30.3 Å². The predicted molar refractivity (Wildman–Crippen MR) is 103 cm³/mol. The van der Waals surface area contributed by atoms with Crippen LogP contribution in [-0.2, 0) is 11.2 Å². The second-order valence-electron chi connectivity index (χ2n) is 6.54. The second-order valence-corrected chi connectivity index (χ2v) is 7.74. The summed E-state index contributed by atoms with van der Waals surface area (Å²) in [5.74, 6) is -0.241. The zero-order chi connectivity index (χ0) is 18.5. The lowest BCUT2D eigenvalue weighted by molar-refractivity contribution is -0.118. The van der Waals surface area contributed by atoms with Crippen LogP contribution < -0.4 is 10.6 Å². The van der Waals surface area contributed by atoms with Crippen LogP contribution in [0.5, 0.6) is 0 Å². The number of aromatic nitrogens is 1. The number of amides is 3. The Morgan fingerprint density at radius 3 is 2.50 bits per heavy atom. The average molecular weight is 372 g/mol. The van der Waals surface area contributed by atoms with Gasteiger partial charge in [-0.1, -0.05) is 30.3 Å². The van der Waals surface area contributed by atoms with E-state index in [-0.39, 0.29) is 11.9 Å². The lowest BCUT2D eigenvalue weighted by Crippen LogP contribution is -2.49. The number of carbonyl (C=O) groups excluding carboxylic acids is 2. The van der Waals surface area contributed by atoms with E-state index in [1.807, 2.05) is 44.2 Å². The third-order valence-corrected chi connectivity index (χ3v) is 5.54. The molecule has 138 valence electrons. The second kappa shape index (κ2) is 8.31. The predicted octanol–water partition coefficient (Wildman–Crippen LogP) is 3.12. The molecule has 0 saturated carbocycles. The number of urea groups is 1. The van der Waals surface area contributed by atoms with Gasteiger partial charge < -0.3 is 15.5 Å². The average Bonchev–Trinajstić information content (AvgIpc) is 3.26. The first kappa shape index (κ1) is 18.4. The van der Waals surface area contributed by atoms with Gasteiger partial charge in [0.25, 0.3) is 0 Å². The van der Waals surface area contributed by atoms with Gasteiger partial charge in [0.1, 0.15) is 6.04 Å². The molecule has 3 rings (SSSR count). The molecule has 1 fully saturated rings. The molecule has 7 heteroatoms. The maximum absolute atomic E-state index is 12.8. The molecule has 0 aliphatic carbocycles. The SMILES string of the molecule is Cc1nc(NC(=O)C(Cc2ccccc2)NC(=O)N2CCCC2)sc1C. The number of nitrogens with one attached hydrogen (secondary N) is 2. The fourth-order valence-corrected chi connectivity index (χ4v) is 3.76. The third-order valence-electron chi connectivity index (χ3n) is 4.55. The Morgan fingerprint density at radius 2 is 1.88 bits per heavy atom. The van der Waals surface area contributed by atoms with Gasteiger partial charge in [-0.05, 0) is 32.3 Å². The molecule has 1 aromatic carbocycles. The fourth-order valence-electron chi connectivity index (χ4n) is 2.94. The molecule has 26 heavy (non-hydrogen) atoms. The third kappa shape index (κ3) is 4.60. The summed E-state index contributed by atoms with van der Waals surface area (Å²) in [5.41, 5.74) is 1.91. The molecule has 1 atom stereocenters. The highest BCUT2D eigenvalue weighted by atomic mass is 32.1. The first-order valence-electron chi connectivity index (χ1n) is 8.87. The topological polar surface area (TPSA) is 74.3 Å². The van der Waals surface area contributed by atoms with E-state index < -0.39 is 6.04 Å². The summed E-state index contributed by atoms with van der Waals surface area (Å²) in [6, 6.07) is 8.89. The summed E-state index contributed by atoms with van der Waals surface area (Å²) < 4.78 is 0. The molecule has 2 aromatic rings. The standard InChI is InChI=1S/C19H24N4O2S/c1-13-14(2)26-18(20-13)22-17(24)16(12-15-8-4-3-5-9-15)21-19(25)23-10-6-7-11-23/h3-5,8-9,16H,6-7,10-12H2,1-2H3,(H,21,25)(H,20,22,24). The maximum atomic E-state index is 12.8. The number of rotatable bonds is 5. The number of thiazole rings is 1. The number of benzene rings is 1. The van der Waals surface area contributed by atoms with E-state index in [0.717, 1.165) is 42.1 Å². The molecule has 6 nitrogen and oxygen atoms in total. The monoisotopic (exact) mass is 372 g/mol. The van der Waals surface area contributed by atoms with Gasteiger partial charge in [0, 0.05) is 24.4 Å². The molecular formula is C19H24N4O2S. The van der Waals surface area contributed by atoms with Gasteiger partial charge >= 0.3 is 6.03 Å². The van der Waals surface area contributed by atoms with Crippen LogP contribution in [0.4, 0.5) is 9.93 Å². The Balaban J connectivity index is 1.72. The molecule has 0 bridgehead atoms. The van der Waals surface area contributed by atoms with Crippen molar-refractivity contribution in [3.8, 4) is 0 Å². The summed E-state index contributed by atoms with van der Waals surface area (Å²) in [5, 5.41) is 6.32. The zero-order valence-corrected chi connectivity index (χ0v) is 15.9. The highest BCUT2D eigenvalue weighted by Crippen LogP contribution is 2.21. The van der Waals surface area contributed by atoms with Crippen molar-refractivity contribution in [2.75, 3.05) is 18.4 Å². The largest absolute Gasteiger partial charge is 0.326 e. The van der Waals surface area contributed by atoms with E-state index in [9.17, 15) is 9.59 Å². The first-order chi connectivity index (χ1) is 12.5. The summed E-state index contributed by atoms with van der Waals surface area (Å²) in [6.07, 6.45) is 2.47. The minimum atomic E-state index is -0.644. The van der Waals surface area contributed by atoms with Gasteiger partial charge in [0.2, 0.25) is 5.91 Å². The summed E-state index contributed by atoms with van der Waals surface area (Å²) in [7, 11) is 0. The van der Waals surface area contributed by atoms with Gasteiger partial charge in [0.05, 0.1) is 5.69 Å². The van der Waals surface area contributed by atoms with Crippen LogP contribution in [0.3, 0.4) is 0 Å². The fraction of sp³-hybridized carbons (Fsp3) is 0.421. The van der Waals surface area contributed by atoms with Gasteiger partial charge in [-0.2, -0.15) is 0 Å². The Bertz CT molecular complexity index is 750. The van der Waals surface area contributed by atoms with Crippen molar-refractivity contribution < 1.29 is 9.59 Å². The minimum Gasteiger partial charge on any atom is -0.326 e. The van der Waals surface area contributed by atoms with E-state index >= 15 is 0 Å². The first-order valence-corrected chi connectivity index (χ1v) is 9.69. The molecule has 1 aliphatic heterocycles. The molecule has 3 amide bonds.